The van der Waals surface area contributed by atoms with E-state index in [4.69, 9.17) is 21.1 Å². The minimum atomic E-state index is -0.258. The summed E-state index contributed by atoms with van der Waals surface area (Å²) in [6.45, 7) is 2.70. The smallest absolute Gasteiger partial charge is 0.254 e. The first-order chi connectivity index (χ1) is 16.9. The molecule has 2 aromatic rings. The molecule has 2 aromatic carbocycles. The average Bonchev–Trinajstić information content (AvgIpc) is 3.44. The summed E-state index contributed by atoms with van der Waals surface area (Å²) in [6.07, 6.45) is 8.09. The van der Waals surface area contributed by atoms with Crippen LogP contribution < -0.4 is 9.47 Å². The number of rotatable bonds is 7. The molecule has 4 atom stereocenters. The monoisotopic (exact) mass is 554 g/mol. The Balaban J connectivity index is 1.21. The van der Waals surface area contributed by atoms with Crippen LogP contribution in [0.25, 0.3) is 0 Å². The Kier molecular flexibility index (Phi) is 5.53. The fourth-order valence-corrected chi connectivity index (χ4v) is 6.80. The Morgan fingerprint density at radius 1 is 1.09 bits per heavy atom. The molecule has 0 N–H and O–H groups in total. The van der Waals surface area contributed by atoms with Gasteiger partial charge in [0.1, 0.15) is 6.61 Å². The summed E-state index contributed by atoms with van der Waals surface area (Å²) in [6, 6.07) is 11.1. The number of allylic oxidation sites excluding steroid dienone is 2. The molecular weight excluding hydrogens is 532 g/mol. The summed E-state index contributed by atoms with van der Waals surface area (Å²) < 4.78 is 12.5. The highest BCUT2D eigenvalue weighted by Gasteiger charge is 2.73. The third-order valence-corrected chi connectivity index (χ3v) is 8.62. The van der Waals surface area contributed by atoms with Crippen LogP contribution in [0.5, 0.6) is 11.5 Å². The number of hydrazone groups is 1. The van der Waals surface area contributed by atoms with E-state index < -0.39 is 0 Å². The predicted octanol–water partition coefficient (Wildman–Crippen LogP) is 5.61. The van der Waals surface area contributed by atoms with Crippen LogP contribution in [0.15, 0.2) is 58.1 Å². The van der Waals surface area contributed by atoms with Crippen LogP contribution in [0.3, 0.4) is 0 Å². The van der Waals surface area contributed by atoms with Crippen LogP contribution in [0.4, 0.5) is 0 Å². The van der Waals surface area contributed by atoms with Gasteiger partial charge in [-0.3, -0.25) is 9.59 Å². The third-order valence-electron chi connectivity index (χ3n) is 7.78. The summed E-state index contributed by atoms with van der Waals surface area (Å²) in [4.78, 5) is 26.3. The van der Waals surface area contributed by atoms with Gasteiger partial charge in [-0.1, -0.05) is 35.9 Å². The van der Waals surface area contributed by atoms with E-state index >= 15 is 0 Å². The summed E-state index contributed by atoms with van der Waals surface area (Å²) in [5, 5.41) is 6.08. The van der Waals surface area contributed by atoms with Gasteiger partial charge in [0.05, 0.1) is 29.1 Å². The summed E-state index contributed by atoms with van der Waals surface area (Å²) >= 11 is 9.53. The standard InChI is InChI=1S/C27H24BrClN2O4/c1-2-34-21-12-16(11-20(28)24(21)35-14-15-3-5-17(29)6-4-15)13-30-31-25(32)22-18-7-8-19(23(22)26(31)33)27(18)9-10-27/h3-8,11-13,18-19,22-23H,2,9-10,14H2,1H3/b30-13-/t18-,19-,22-,23-/m1/s1. The number of hydrogen-bond acceptors (Lipinski definition) is 5. The minimum Gasteiger partial charge on any atom is -0.490 e. The molecule has 0 unspecified atom stereocenters. The molecule has 4 aliphatic rings. The van der Waals surface area contributed by atoms with Gasteiger partial charge in [0, 0.05) is 5.02 Å². The molecule has 2 bridgehead atoms. The second-order valence-electron chi connectivity index (χ2n) is 9.63. The fourth-order valence-electron chi connectivity index (χ4n) is 6.10. The molecule has 0 aromatic heterocycles. The van der Waals surface area contributed by atoms with Crippen molar-refractivity contribution in [2.75, 3.05) is 6.61 Å². The lowest BCUT2D eigenvalue weighted by Crippen LogP contribution is -2.30. The molecule has 1 spiro atoms. The molecule has 6 rings (SSSR count). The van der Waals surface area contributed by atoms with Crippen molar-refractivity contribution >= 4 is 45.6 Å². The quantitative estimate of drug-likeness (QED) is 0.253. The van der Waals surface area contributed by atoms with Crippen molar-refractivity contribution in [3.05, 3.63) is 69.2 Å². The first-order valence-corrected chi connectivity index (χ1v) is 13.0. The first-order valence-electron chi connectivity index (χ1n) is 11.9. The molecule has 6 nitrogen and oxygen atoms in total. The highest BCUT2D eigenvalue weighted by molar-refractivity contribution is 9.10. The molecule has 8 heteroatoms. The van der Waals surface area contributed by atoms with E-state index in [9.17, 15) is 9.59 Å². The zero-order chi connectivity index (χ0) is 24.3. The Hall–Kier alpha value is -2.64. The number of hydrogen-bond donors (Lipinski definition) is 0. The van der Waals surface area contributed by atoms with Crippen LogP contribution in [0.1, 0.15) is 30.9 Å². The van der Waals surface area contributed by atoms with Crippen LogP contribution in [-0.2, 0) is 16.2 Å². The second kappa shape index (κ2) is 8.49. The summed E-state index contributed by atoms with van der Waals surface area (Å²) in [5.74, 6) is 0.621. The number of carbonyl (C=O) groups excluding carboxylic acids is 2. The number of fused-ring (bicyclic) bond motifs is 3. The maximum absolute atomic E-state index is 13.2. The number of imide groups is 1. The maximum atomic E-state index is 13.2. The van der Waals surface area contributed by atoms with E-state index in [0.29, 0.717) is 39.8 Å². The lowest BCUT2D eigenvalue weighted by molar-refractivity contribution is -0.141. The van der Waals surface area contributed by atoms with Crippen molar-refractivity contribution in [2.45, 2.75) is 26.4 Å². The van der Waals surface area contributed by atoms with E-state index in [1.165, 1.54) is 6.21 Å². The zero-order valence-electron chi connectivity index (χ0n) is 19.1. The van der Waals surface area contributed by atoms with Crippen molar-refractivity contribution in [1.82, 2.24) is 5.01 Å². The first kappa shape index (κ1) is 22.8. The van der Waals surface area contributed by atoms with Gasteiger partial charge in [0.15, 0.2) is 11.5 Å². The molecule has 1 heterocycles. The maximum Gasteiger partial charge on any atom is 0.254 e. The van der Waals surface area contributed by atoms with E-state index in [1.54, 1.807) is 6.07 Å². The van der Waals surface area contributed by atoms with Gasteiger partial charge < -0.3 is 9.47 Å². The van der Waals surface area contributed by atoms with E-state index in [0.717, 1.165) is 23.4 Å². The highest BCUT2D eigenvalue weighted by Crippen LogP contribution is 2.73. The Morgan fingerprint density at radius 3 is 2.34 bits per heavy atom. The van der Waals surface area contributed by atoms with Crippen molar-refractivity contribution in [2.24, 2.45) is 34.2 Å². The number of carbonyl (C=O) groups is 2. The molecule has 1 aliphatic heterocycles. The number of benzene rings is 2. The normalized spacial score (nSPS) is 27.3. The van der Waals surface area contributed by atoms with Gasteiger partial charge in [0.2, 0.25) is 0 Å². The molecule has 1 saturated heterocycles. The van der Waals surface area contributed by atoms with Crippen LogP contribution in [0, 0.1) is 29.1 Å². The SMILES string of the molecule is CCOc1cc(/C=N\N2C(=O)[C@H]3[C@H](C2=O)[C@H]2C=C[C@H]3C23CC3)cc(Br)c1OCc1ccc(Cl)cc1. The highest BCUT2D eigenvalue weighted by atomic mass is 79.9. The van der Waals surface area contributed by atoms with E-state index in [1.807, 2.05) is 37.3 Å². The summed E-state index contributed by atoms with van der Waals surface area (Å²) in [7, 11) is 0. The largest absolute Gasteiger partial charge is 0.490 e. The van der Waals surface area contributed by atoms with Gasteiger partial charge in [-0.2, -0.15) is 10.1 Å². The third kappa shape index (κ3) is 3.62. The van der Waals surface area contributed by atoms with Crippen LogP contribution in [-0.4, -0.2) is 29.6 Å². The van der Waals surface area contributed by atoms with Gasteiger partial charge in [0.25, 0.3) is 11.8 Å². The Bertz CT molecular complexity index is 1240. The van der Waals surface area contributed by atoms with Gasteiger partial charge in [-0.25, -0.2) is 0 Å². The number of nitrogens with zero attached hydrogens (tertiary/aromatic N) is 2. The average molecular weight is 556 g/mol. The topological polar surface area (TPSA) is 68.2 Å². The number of ether oxygens (including phenoxy) is 2. The Labute approximate surface area is 217 Å². The second-order valence-corrected chi connectivity index (χ2v) is 10.9. The molecular formula is C27H24BrClN2O4. The summed E-state index contributed by atoms with van der Waals surface area (Å²) in [5.41, 5.74) is 1.84. The molecule has 2 amide bonds. The van der Waals surface area contributed by atoms with Gasteiger partial charge >= 0.3 is 0 Å². The van der Waals surface area contributed by atoms with Gasteiger partial charge in [-0.05, 0) is 88.3 Å². The zero-order valence-corrected chi connectivity index (χ0v) is 21.5. The van der Waals surface area contributed by atoms with Crippen LogP contribution >= 0.6 is 27.5 Å². The molecule has 3 aliphatic carbocycles. The van der Waals surface area contributed by atoms with Crippen molar-refractivity contribution in [3.8, 4) is 11.5 Å². The number of amides is 2. The van der Waals surface area contributed by atoms with E-state index in [2.05, 4.69) is 33.2 Å². The molecule has 3 fully saturated rings. The predicted molar refractivity (Wildman–Crippen MR) is 135 cm³/mol. The molecule has 0 radical (unpaired) electrons. The lowest BCUT2D eigenvalue weighted by Gasteiger charge is -2.18. The lowest BCUT2D eigenvalue weighted by atomic mass is 9.85. The Morgan fingerprint density at radius 2 is 1.74 bits per heavy atom. The number of halogens is 2. The fraction of sp³-hybridized carbons (Fsp3) is 0.370. The minimum absolute atomic E-state index is 0.175. The molecule has 180 valence electrons. The molecule has 2 saturated carbocycles. The van der Waals surface area contributed by atoms with Crippen molar-refractivity contribution < 1.29 is 19.1 Å². The van der Waals surface area contributed by atoms with Gasteiger partial charge in [-0.15, -0.1) is 0 Å². The van der Waals surface area contributed by atoms with Crippen LogP contribution in [0.2, 0.25) is 5.02 Å². The van der Waals surface area contributed by atoms with Crippen molar-refractivity contribution in [1.29, 1.82) is 0 Å². The van der Waals surface area contributed by atoms with Crippen molar-refractivity contribution in [3.63, 3.8) is 0 Å². The van der Waals surface area contributed by atoms with E-state index in [-0.39, 0.29) is 40.9 Å². The molecule has 35 heavy (non-hydrogen) atoms.